The molecule has 0 saturated carbocycles. The quantitative estimate of drug-likeness (QED) is 0.156. The Bertz CT molecular complexity index is 1680. The number of ketones is 2. The average molecular weight is 657 g/mol. The summed E-state index contributed by atoms with van der Waals surface area (Å²) in [7, 11) is 3.13. The number of likely N-dealkylation sites (tertiary alicyclic amines) is 1. The minimum atomic E-state index is -0.362. The topological polar surface area (TPSA) is 124 Å². The lowest BCUT2D eigenvalue weighted by atomic mass is 9.92. The van der Waals surface area contributed by atoms with E-state index in [4.69, 9.17) is 9.47 Å². The fourth-order valence-corrected chi connectivity index (χ4v) is 5.52. The molecule has 5 rings (SSSR count). The van der Waals surface area contributed by atoms with Crippen molar-refractivity contribution in [1.82, 2.24) is 25.2 Å². The number of hydrogen-bond acceptors (Lipinski definition) is 10. The summed E-state index contributed by atoms with van der Waals surface area (Å²) in [6, 6.07) is 15.5. The van der Waals surface area contributed by atoms with Crippen LogP contribution in [0.2, 0.25) is 0 Å². The van der Waals surface area contributed by atoms with Gasteiger partial charge in [-0.05, 0) is 93.7 Å². The summed E-state index contributed by atoms with van der Waals surface area (Å²) < 4.78 is 10.5. The summed E-state index contributed by atoms with van der Waals surface area (Å²) in [5.74, 6) is 1.80. The molecule has 1 aliphatic heterocycles. The predicted molar refractivity (Wildman–Crippen MR) is 180 cm³/mol. The van der Waals surface area contributed by atoms with Crippen molar-refractivity contribution in [2.45, 2.75) is 32.1 Å². The fourth-order valence-electron chi connectivity index (χ4n) is 5.52. The Hall–Kier alpha value is -3.70. The molecule has 1 aliphatic rings. The SMILES string of the molecule is COc1ccc(C(=O)CCNCCCC2CCN(CC(=O)c3ccc4nc(=O)c5ccccc5nc4n3)CC2)cc1OC.Cl.Cl. The first-order valence-electron chi connectivity index (χ1n) is 14.7. The number of hydrogen-bond donors (Lipinski definition) is 1. The van der Waals surface area contributed by atoms with E-state index in [-0.39, 0.29) is 41.9 Å². The summed E-state index contributed by atoms with van der Waals surface area (Å²) >= 11 is 0. The Morgan fingerprint density at radius 1 is 0.867 bits per heavy atom. The van der Waals surface area contributed by atoms with Crippen molar-refractivity contribution >= 4 is 58.4 Å². The lowest BCUT2D eigenvalue weighted by Gasteiger charge is -2.31. The first-order valence-corrected chi connectivity index (χ1v) is 14.7. The Labute approximate surface area is 274 Å². The zero-order valence-corrected chi connectivity index (χ0v) is 27.1. The van der Waals surface area contributed by atoms with Crippen LogP contribution < -0.4 is 20.3 Å². The molecular formula is C33H39Cl2N5O5. The number of para-hydroxylation sites is 1. The number of rotatable bonds is 13. The van der Waals surface area contributed by atoms with Crippen LogP contribution in [0.5, 0.6) is 11.5 Å². The number of ether oxygens (including phenoxy) is 2. The van der Waals surface area contributed by atoms with Crippen LogP contribution in [-0.4, -0.2) is 78.4 Å². The van der Waals surface area contributed by atoms with Crippen LogP contribution >= 0.6 is 24.8 Å². The van der Waals surface area contributed by atoms with Crippen LogP contribution in [0.4, 0.5) is 0 Å². The van der Waals surface area contributed by atoms with E-state index in [2.05, 4.69) is 25.2 Å². The number of aromatic nitrogens is 3. The van der Waals surface area contributed by atoms with E-state index in [1.807, 2.05) is 0 Å². The third kappa shape index (κ3) is 9.17. The highest BCUT2D eigenvalue weighted by Crippen LogP contribution is 2.28. The molecular weight excluding hydrogens is 617 g/mol. The van der Waals surface area contributed by atoms with Crippen LogP contribution in [0.15, 0.2) is 59.4 Å². The van der Waals surface area contributed by atoms with Gasteiger partial charge in [0, 0.05) is 18.5 Å². The lowest BCUT2D eigenvalue weighted by molar-refractivity contribution is 0.0887. The molecule has 0 atom stereocenters. The average Bonchev–Trinajstić information content (AvgIpc) is 3.18. The number of nitrogens with zero attached hydrogens (tertiary/aromatic N) is 4. The highest BCUT2D eigenvalue weighted by atomic mass is 35.5. The Kier molecular flexibility index (Phi) is 13.6. The summed E-state index contributed by atoms with van der Waals surface area (Å²) in [6.07, 6.45) is 4.70. The molecule has 2 aromatic heterocycles. The molecule has 1 saturated heterocycles. The molecule has 240 valence electrons. The molecule has 0 radical (unpaired) electrons. The van der Waals surface area contributed by atoms with Gasteiger partial charge in [-0.25, -0.2) is 15.0 Å². The number of fused-ring (bicyclic) bond motifs is 2. The van der Waals surface area contributed by atoms with E-state index < -0.39 is 0 Å². The fraction of sp³-hybridized carbons (Fsp3) is 0.394. The molecule has 45 heavy (non-hydrogen) atoms. The van der Waals surface area contributed by atoms with E-state index in [0.717, 1.165) is 45.3 Å². The monoisotopic (exact) mass is 655 g/mol. The molecule has 2 aromatic carbocycles. The predicted octanol–water partition coefficient (Wildman–Crippen LogP) is 4.94. The van der Waals surface area contributed by atoms with Crippen LogP contribution in [0.3, 0.4) is 0 Å². The Morgan fingerprint density at radius 3 is 2.38 bits per heavy atom. The number of Topliss-reactive ketones (excluding diaryl/α,β-unsaturated/α-hetero) is 2. The van der Waals surface area contributed by atoms with Gasteiger partial charge in [-0.1, -0.05) is 12.1 Å². The number of carbonyl (C=O) groups is 2. The maximum absolute atomic E-state index is 13.1. The first-order chi connectivity index (χ1) is 20.9. The number of carbonyl (C=O) groups excluding carboxylic acids is 2. The van der Waals surface area contributed by atoms with Crippen molar-refractivity contribution in [2.24, 2.45) is 5.92 Å². The standard InChI is InChI=1S/C33H37N5O5.2ClH/c1-42-30-12-9-23(20-31(30)43-2)28(39)13-17-34-16-5-6-22-14-18-38(19-15-22)21-29(40)26-10-11-27-32(36-26)35-25-8-4-3-7-24(25)33(41)37-27;;/h3-4,7-12,20,22,34H,5-6,13-19,21H2,1-2H3;2*1H. The third-order valence-corrected chi connectivity index (χ3v) is 8.00. The van der Waals surface area contributed by atoms with Gasteiger partial charge < -0.3 is 14.8 Å². The van der Waals surface area contributed by atoms with Crippen LogP contribution in [0.1, 0.15) is 53.0 Å². The second-order valence-corrected chi connectivity index (χ2v) is 10.9. The number of nitrogens with one attached hydrogen (secondary N) is 1. The normalized spacial score (nSPS) is 13.6. The molecule has 0 bridgehead atoms. The van der Waals surface area contributed by atoms with Gasteiger partial charge in [0.1, 0.15) is 11.2 Å². The summed E-state index contributed by atoms with van der Waals surface area (Å²) in [5, 5.41) is 3.82. The number of halogens is 2. The zero-order chi connectivity index (χ0) is 30.2. The number of benzene rings is 2. The van der Waals surface area contributed by atoms with E-state index in [0.29, 0.717) is 70.3 Å². The highest BCUT2D eigenvalue weighted by Gasteiger charge is 2.22. The Morgan fingerprint density at radius 2 is 1.62 bits per heavy atom. The van der Waals surface area contributed by atoms with Gasteiger partial charge in [-0.2, -0.15) is 0 Å². The van der Waals surface area contributed by atoms with Gasteiger partial charge in [0.05, 0.1) is 31.7 Å². The van der Waals surface area contributed by atoms with Crippen LogP contribution in [0, 0.1) is 5.92 Å². The van der Waals surface area contributed by atoms with Crippen molar-refractivity contribution in [3.63, 3.8) is 0 Å². The molecule has 1 N–H and O–H groups in total. The van der Waals surface area contributed by atoms with E-state index in [9.17, 15) is 14.4 Å². The van der Waals surface area contributed by atoms with Crippen molar-refractivity contribution in [3.8, 4) is 11.5 Å². The van der Waals surface area contributed by atoms with Crippen LogP contribution in [0.25, 0.3) is 22.1 Å². The molecule has 12 heteroatoms. The van der Waals surface area contributed by atoms with Gasteiger partial charge in [0.15, 0.2) is 28.7 Å². The maximum Gasteiger partial charge on any atom is 0.279 e. The Balaban J connectivity index is 0.00000276. The van der Waals surface area contributed by atoms with E-state index in [1.54, 1.807) is 68.8 Å². The van der Waals surface area contributed by atoms with Crippen molar-refractivity contribution < 1.29 is 19.1 Å². The highest BCUT2D eigenvalue weighted by molar-refractivity contribution is 5.98. The van der Waals surface area contributed by atoms with Gasteiger partial charge in [-0.15, -0.1) is 24.8 Å². The molecule has 0 unspecified atom stereocenters. The molecule has 0 amide bonds. The second kappa shape index (κ2) is 17.1. The van der Waals surface area contributed by atoms with Crippen molar-refractivity contribution in [1.29, 1.82) is 0 Å². The third-order valence-electron chi connectivity index (χ3n) is 8.00. The maximum atomic E-state index is 13.1. The minimum absolute atomic E-state index is 0. The molecule has 0 aliphatic carbocycles. The molecule has 1 fully saturated rings. The summed E-state index contributed by atoms with van der Waals surface area (Å²) in [4.78, 5) is 53.3. The summed E-state index contributed by atoms with van der Waals surface area (Å²) in [5.41, 5.74) is 1.77. The van der Waals surface area contributed by atoms with Gasteiger partial charge in [0.2, 0.25) is 0 Å². The van der Waals surface area contributed by atoms with E-state index >= 15 is 0 Å². The minimum Gasteiger partial charge on any atom is -0.493 e. The van der Waals surface area contributed by atoms with Gasteiger partial charge >= 0.3 is 0 Å². The van der Waals surface area contributed by atoms with Gasteiger partial charge in [-0.3, -0.25) is 19.3 Å². The number of pyridine rings is 1. The molecule has 4 aromatic rings. The van der Waals surface area contributed by atoms with Crippen LogP contribution in [-0.2, 0) is 0 Å². The number of piperidine rings is 1. The van der Waals surface area contributed by atoms with Crippen molar-refractivity contribution in [2.75, 3.05) is 46.9 Å². The molecule has 10 nitrogen and oxygen atoms in total. The summed E-state index contributed by atoms with van der Waals surface area (Å²) in [6.45, 7) is 3.55. The van der Waals surface area contributed by atoms with Gasteiger partial charge in [0.25, 0.3) is 5.56 Å². The molecule has 3 heterocycles. The second-order valence-electron chi connectivity index (χ2n) is 10.9. The van der Waals surface area contributed by atoms with E-state index in [1.165, 1.54) is 0 Å². The smallest absolute Gasteiger partial charge is 0.279 e. The zero-order valence-electron chi connectivity index (χ0n) is 25.5. The largest absolute Gasteiger partial charge is 0.493 e. The first kappa shape index (κ1) is 35.8. The number of methoxy groups -OCH3 is 2. The molecule has 0 spiro atoms. The lowest BCUT2D eigenvalue weighted by Crippen LogP contribution is -2.37. The van der Waals surface area contributed by atoms with Crippen molar-refractivity contribution in [3.05, 3.63) is 76.2 Å².